The van der Waals surface area contributed by atoms with E-state index in [2.05, 4.69) is 279 Å². The highest BCUT2D eigenvalue weighted by molar-refractivity contribution is 6.26. The van der Waals surface area contributed by atoms with E-state index in [1.165, 1.54) is 99.1 Å². The summed E-state index contributed by atoms with van der Waals surface area (Å²) < 4.78 is 0. The molecule has 332 valence electrons. The van der Waals surface area contributed by atoms with Gasteiger partial charge in [-0.2, -0.15) is 0 Å². The summed E-state index contributed by atoms with van der Waals surface area (Å²) in [5.41, 5.74) is 21.1. The standard InChI is InChI=1S/C68H50N2/c1-45-17-3-5-27-57(45)63-31-9-11-33-67(63)69-55-25-15-23-51(41-55)47-19-13-21-49(39-47)53-35-37-61-59-29-7-8-30-60(59)62-38-36-54(44-66(62)65(61)43-53)50-22-14-20-48(40-50)52-24-16-26-56(42-52)70-68-34-12-10-32-64(68)58-28-6-4-18-46(58)2/h3-44,69-70H,1-2H3. The molecule has 0 radical (unpaired) electrons. The van der Waals surface area contributed by atoms with Crippen LogP contribution in [0.15, 0.2) is 255 Å². The Kier molecular flexibility index (Phi) is 11.1. The van der Waals surface area contributed by atoms with Crippen LogP contribution >= 0.6 is 0 Å². The van der Waals surface area contributed by atoms with Crippen molar-refractivity contribution in [3.05, 3.63) is 266 Å². The number of anilines is 4. The predicted octanol–water partition coefficient (Wildman–Crippen LogP) is 19.3. The van der Waals surface area contributed by atoms with Crippen molar-refractivity contribution in [3.63, 3.8) is 0 Å². The lowest BCUT2D eigenvalue weighted by Gasteiger charge is -2.16. The zero-order valence-corrected chi connectivity index (χ0v) is 39.2. The van der Waals surface area contributed by atoms with Crippen LogP contribution in [0.5, 0.6) is 0 Å². The molecule has 2 heteroatoms. The monoisotopic (exact) mass is 894 g/mol. The van der Waals surface area contributed by atoms with Gasteiger partial charge in [0.15, 0.2) is 0 Å². The molecule has 0 atom stereocenters. The highest BCUT2D eigenvalue weighted by atomic mass is 14.9. The minimum absolute atomic E-state index is 1.05. The second-order valence-electron chi connectivity index (χ2n) is 18.4. The van der Waals surface area contributed by atoms with Crippen LogP contribution in [0.25, 0.3) is 99.1 Å². The maximum Gasteiger partial charge on any atom is 0.0464 e. The number of fused-ring (bicyclic) bond motifs is 6. The van der Waals surface area contributed by atoms with Crippen LogP contribution < -0.4 is 10.6 Å². The predicted molar refractivity (Wildman–Crippen MR) is 300 cm³/mol. The van der Waals surface area contributed by atoms with Gasteiger partial charge in [0.2, 0.25) is 0 Å². The first-order valence-electron chi connectivity index (χ1n) is 24.1. The third-order valence-corrected chi connectivity index (χ3v) is 13.9. The van der Waals surface area contributed by atoms with Crippen LogP contribution in [0.4, 0.5) is 22.7 Å². The van der Waals surface area contributed by atoms with Gasteiger partial charge in [0.25, 0.3) is 0 Å². The van der Waals surface area contributed by atoms with Gasteiger partial charge in [-0.1, -0.05) is 194 Å². The molecule has 0 aliphatic heterocycles. The van der Waals surface area contributed by atoms with E-state index in [1.54, 1.807) is 0 Å². The summed E-state index contributed by atoms with van der Waals surface area (Å²) in [5, 5.41) is 15.0. The Hall–Kier alpha value is -8.98. The first kappa shape index (κ1) is 42.4. The van der Waals surface area contributed by atoms with Gasteiger partial charge in [0, 0.05) is 33.9 Å². The first-order valence-corrected chi connectivity index (χ1v) is 24.1. The summed E-state index contributed by atoms with van der Waals surface area (Å²) in [4.78, 5) is 0. The Bertz CT molecular complexity index is 3680. The van der Waals surface area contributed by atoms with E-state index >= 15 is 0 Å². The zero-order chi connectivity index (χ0) is 47.0. The number of para-hydroxylation sites is 2. The summed E-state index contributed by atoms with van der Waals surface area (Å²) in [6, 6.07) is 92.6. The van der Waals surface area contributed by atoms with E-state index in [0.29, 0.717) is 0 Å². The van der Waals surface area contributed by atoms with Gasteiger partial charge in [-0.15, -0.1) is 0 Å². The van der Waals surface area contributed by atoms with Gasteiger partial charge in [-0.25, -0.2) is 0 Å². The van der Waals surface area contributed by atoms with E-state index in [-0.39, 0.29) is 0 Å². The molecule has 0 fully saturated rings. The van der Waals surface area contributed by atoms with E-state index in [4.69, 9.17) is 0 Å². The Morgan fingerprint density at radius 1 is 0.214 bits per heavy atom. The first-order chi connectivity index (χ1) is 34.5. The van der Waals surface area contributed by atoms with E-state index in [0.717, 1.165) is 33.9 Å². The van der Waals surface area contributed by atoms with Gasteiger partial charge in [-0.3, -0.25) is 0 Å². The molecule has 12 aromatic carbocycles. The molecular formula is C68H50N2. The van der Waals surface area contributed by atoms with Crippen molar-refractivity contribution < 1.29 is 0 Å². The van der Waals surface area contributed by atoms with Crippen molar-refractivity contribution in [2.75, 3.05) is 10.6 Å². The summed E-state index contributed by atoms with van der Waals surface area (Å²) in [7, 11) is 0. The lowest BCUT2D eigenvalue weighted by Crippen LogP contribution is -1.94. The van der Waals surface area contributed by atoms with Gasteiger partial charge >= 0.3 is 0 Å². The third kappa shape index (κ3) is 8.16. The largest absolute Gasteiger partial charge is 0.355 e. The van der Waals surface area contributed by atoms with Crippen LogP contribution in [-0.4, -0.2) is 0 Å². The number of hydrogen-bond donors (Lipinski definition) is 2. The molecule has 0 aliphatic carbocycles. The molecule has 0 unspecified atom stereocenters. The molecule has 0 bridgehead atoms. The van der Waals surface area contributed by atoms with Crippen molar-refractivity contribution in [2.45, 2.75) is 13.8 Å². The van der Waals surface area contributed by atoms with Crippen molar-refractivity contribution in [1.29, 1.82) is 0 Å². The molecule has 2 N–H and O–H groups in total. The second-order valence-corrected chi connectivity index (χ2v) is 18.4. The average molecular weight is 895 g/mol. The van der Waals surface area contributed by atoms with Crippen LogP contribution in [0.2, 0.25) is 0 Å². The molecule has 0 spiro atoms. The van der Waals surface area contributed by atoms with Crippen molar-refractivity contribution in [2.24, 2.45) is 0 Å². The Balaban J connectivity index is 0.879. The van der Waals surface area contributed by atoms with Gasteiger partial charge in [0.05, 0.1) is 0 Å². The molecule has 0 aromatic heterocycles. The smallest absolute Gasteiger partial charge is 0.0464 e. The molecule has 70 heavy (non-hydrogen) atoms. The molecule has 2 nitrogen and oxygen atoms in total. The number of hydrogen-bond acceptors (Lipinski definition) is 2. The Morgan fingerprint density at radius 3 is 0.943 bits per heavy atom. The van der Waals surface area contributed by atoms with E-state index in [9.17, 15) is 0 Å². The zero-order valence-electron chi connectivity index (χ0n) is 39.2. The van der Waals surface area contributed by atoms with Gasteiger partial charge < -0.3 is 10.6 Å². The maximum atomic E-state index is 3.75. The fraction of sp³-hybridized carbons (Fsp3) is 0.0294. The molecule has 12 rings (SSSR count). The Morgan fingerprint density at radius 2 is 0.529 bits per heavy atom. The van der Waals surface area contributed by atoms with Crippen molar-refractivity contribution in [1.82, 2.24) is 0 Å². The molecule has 0 aliphatic rings. The maximum absolute atomic E-state index is 3.75. The summed E-state index contributed by atoms with van der Waals surface area (Å²) in [6.07, 6.45) is 0. The van der Waals surface area contributed by atoms with Gasteiger partial charge in [0.1, 0.15) is 0 Å². The summed E-state index contributed by atoms with van der Waals surface area (Å²) >= 11 is 0. The highest BCUT2D eigenvalue weighted by Gasteiger charge is 2.14. The number of benzene rings is 12. The number of nitrogens with one attached hydrogen (secondary N) is 2. The molecule has 0 heterocycles. The van der Waals surface area contributed by atoms with Crippen LogP contribution in [-0.2, 0) is 0 Å². The topological polar surface area (TPSA) is 24.1 Å². The van der Waals surface area contributed by atoms with Gasteiger partial charge in [-0.05, 0) is 174 Å². The lowest BCUT2D eigenvalue weighted by molar-refractivity contribution is 1.45. The molecular weight excluding hydrogens is 845 g/mol. The lowest BCUT2D eigenvalue weighted by atomic mass is 9.89. The van der Waals surface area contributed by atoms with Crippen molar-refractivity contribution >= 4 is 55.1 Å². The highest BCUT2D eigenvalue weighted by Crippen LogP contribution is 2.41. The fourth-order valence-electron chi connectivity index (χ4n) is 10.3. The number of rotatable bonds is 10. The van der Waals surface area contributed by atoms with E-state index in [1.807, 2.05) is 0 Å². The van der Waals surface area contributed by atoms with Crippen LogP contribution in [0.3, 0.4) is 0 Å². The van der Waals surface area contributed by atoms with E-state index < -0.39 is 0 Å². The van der Waals surface area contributed by atoms with Crippen molar-refractivity contribution in [3.8, 4) is 66.8 Å². The fourth-order valence-corrected chi connectivity index (χ4v) is 10.3. The number of aryl methyl sites for hydroxylation is 2. The minimum atomic E-state index is 1.05. The summed E-state index contributed by atoms with van der Waals surface area (Å²) in [5.74, 6) is 0. The summed E-state index contributed by atoms with van der Waals surface area (Å²) in [6.45, 7) is 4.34. The molecule has 0 amide bonds. The second kappa shape index (κ2) is 18.3. The third-order valence-electron chi connectivity index (χ3n) is 13.9. The quantitative estimate of drug-likeness (QED) is 0.134. The van der Waals surface area contributed by atoms with Crippen LogP contribution in [0, 0.1) is 13.8 Å². The molecule has 0 saturated carbocycles. The molecule has 12 aromatic rings. The molecule has 0 saturated heterocycles. The SMILES string of the molecule is Cc1ccccc1-c1ccccc1Nc1cccc(-c2cccc(-c3ccc4c5ccccc5c5ccc(-c6cccc(-c7cccc(Nc8ccccc8-c8ccccc8C)c7)c6)cc5c4c3)c2)c1. The Labute approximate surface area is 410 Å². The van der Waals surface area contributed by atoms with Crippen LogP contribution in [0.1, 0.15) is 11.1 Å². The minimum Gasteiger partial charge on any atom is -0.355 e. The normalized spacial score (nSPS) is 11.3. The average Bonchev–Trinajstić information content (AvgIpc) is 3.42.